The quantitative estimate of drug-likeness (QED) is 0.0452. The third-order valence-corrected chi connectivity index (χ3v) is 16.3. The molecule has 0 unspecified atom stereocenters. The first-order valence-electron chi connectivity index (χ1n) is 29.8. The number of fused-ring (bicyclic) bond motifs is 3. The molecule has 2 bridgehead atoms. The summed E-state index contributed by atoms with van der Waals surface area (Å²) in [5.41, 5.74) is 7.99. The fraction of sp³-hybridized carbons (Fsp3) is 0.770. The Labute approximate surface area is 491 Å². The van der Waals surface area contributed by atoms with Crippen molar-refractivity contribution >= 4 is 35.3 Å². The van der Waals surface area contributed by atoms with E-state index in [0.29, 0.717) is 104 Å². The number of aliphatic hydroxyl groups is 3. The number of nitrogens with zero attached hydrogens (tertiary/aromatic N) is 1. The number of esters is 1. The molecule has 22 heteroatoms. The first-order chi connectivity index (χ1) is 39.6. The smallest absolute Gasteiger partial charge is 0.407 e. The summed E-state index contributed by atoms with van der Waals surface area (Å²) in [6.07, 6.45) is 7.15. The summed E-state index contributed by atoms with van der Waals surface area (Å²) in [5.74, 6) is -9.14. The van der Waals surface area contributed by atoms with Gasteiger partial charge in [0.2, 0.25) is 5.79 Å². The lowest BCUT2D eigenvalue weighted by atomic mass is 9.80. The molecule has 3 fully saturated rings. The summed E-state index contributed by atoms with van der Waals surface area (Å²) in [6, 6.07) is -2.20. The van der Waals surface area contributed by atoms with E-state index in [1.807, 2.05) is 44.2 Å². The van der Waals surface area contributed by atoms with Gasteiger partial charge in [0.15, 0.2) is 5.78 Å². The second kappa shape index (κ2) is 37.3. The van der Waals surface area contributed by atoms with E-state index in [9.17, 15) is 44.1 Å². The Morgan fingerprint density at radius 2 is 1.43 bits per heavy atom. The molecule has 1 aliphatic carbocycles. The molecule has 2 saturated heterocycles. The van der Waals surface area contributed by atoms with E-state index in [1.54, 1.807) is 35.0 Å². The van der Waals surface area contributed by atoms with Gasteiger partial charge in [-0.1, -0.05) is 64.2 Å². The Bertz CT molecular complexity index is 2150. The van der Waals surface area contributed by atoms with Crippen LogP contribution < -0.4 is 11.1 Å². The fourth-order valence-electron chi connectivity index (χ4n) is 11.1. The zero-order chi connectivity index (χ0) is 61.1. The summed E-state index contributed by atoms with van der Waals surface area (Å²) in [7, 11) is 4.68. The number of amides is 2. The summed E-state index contributed by atoms with van der Waals surface area (Å²) < 4.78 is 56.6. The van der Waals surface area contributed by atoms with Gasteiger partial charge in [0, 0.05) is 71.1 Å². The molecule has 22 nitrogen and oxygen atoms in total. The van der Waals surface area contributed by atoms with Gasteiger partial charge in [-0.2, -0.15) is 0 Å². The van der Waals surface area contributed by atoms with Crippen molar-refractivity contribution in [3.05, 3.63) is 47.6 Å². The van der Waals surface area contributed by atoms with Gasteiger partial charge in [-0.25, -0.2) is 9.59 Å². The minimum absolute atomic E-state index is 0.0116. The largest absolute Gasteiger partial charge is 0.459 e. The van der Waals surface area contributed by atoms with E-state index < -0.39 is 114 Å². The van der Waals surface area contributed by atoms with E-state index in [1.165, 1.54) is 20.1 Å². The predicted molar refractivity (Wildman–Crippen MR) is 307 cm³/mol. The molecule has 4 rings (SSSR count). The number of ether oxygens (including phenoxy) is 10. The molecule has 15 atom stereocenters. The van der Waals surface area contributed by atoms with Crippen LogP contribution in [-0.4, -0.2) is 210 Å². The molecule has 4 aliphatic rings. The molecule has 1 saturated carbocycles. The number of rotatable bonds is 21. The van der Waals surface area contributed by atoms with Crippen molar-refractivity contribution in [2.24, 2.45) is 35.3 Å². The normalized spacial score (nSPS) is 34.1. The summed E-state index contributed by atoms with van der Waals surface area (Å²) in [6.45, 7) is 14.2. The van der Waals surface area contributed by atoms with Gasteiger partial charge in [-0.3, -0.25) is 19.2 Å². The monoisotopic (exact) mass is 1180 g/mol. The van der Waals surface area contributed by atoms with Gasteiger partial charge in [-0.15, -0.1) is 0 Å². The van der Waals surface area contributed by atoms with Gasteiger partial charge in [0.1, 0.15) is 36.2 Å². The van der Waals surface area contributed by atoms with E-state index >= 15 is 0 Å². The second-order valence-corrected chi connectivity index (χ2v) is 22.8. The maximum atomic E-state index is 14.5. The summed E-state index contributed by atoms with van der Waals surface area (Å²) in [4.78, 5) is 84.9. The maximum absolute atomic E-state index is 14.5. The lowest BCUT2D eigenvalue weighted by Crippen LogP contribution is -2.61. The standard InChI is InChI=1S/C61H99N3O19/c1-39-15-11-10-12-16-40(2)51(75-8)37-46-20-18-44(6)61(73,83-46)57(69)58(70)64-23-14-13-17-48(64)59(71)81-52(38-49(65)41(3)34-43(5)55(67)56(68)54(66)42(4)33-39)47(62)35-45-19-21-50(53(36-45)76-9)82-60(72)63-22-24-77-27-28-79-31-32-80-30-29-78-26-25-74-7/h10-12,15-16,34,39,41-42,44-48,50-53,55-56,67-68,73H,13-14,17-33,35-38,62H2,1-9H3,(H,63,72)/b12-10+,15-11+,40-16+,43-34+/t39-,41-,42-,44-,45+,46+,47-,48+,50-,51+,52+,53-,55-,56+,61-/m1/s1. The number of hydrogen-bond acceptors (Lipinski definition) is 20. The minimum atomic E-state index is -2.49. The van der Waals surface area contributed by atoms with Crippen LogP contribution in [0.2, 0.25) is 0 Å². The van der Waals surface area contributed by atoms with Crippen molar-refractivity contribution < 1.29 is 91.5 Å². The molecule has 0 aromatic heterocycles. The molecule has 0 radical (unpaired) electrons. The van der Waals surface area contributed by atoms with Crippen LogP contribution in [0.4, 0.5) is 4.79 Å². The molecule has 0 aromatic rings. The number of carbonyl (C=O) groups is 6. The van der Waals surface area contributed by atoms with Crippen LogP contribution >= 0.6 is 0 Å². The van der Waals surface area contributed by atoms with Gasteiger partial charge in [-0.05, 0) is 101 Å². The molecule has 3 heterocycles. The molecule has 2 amide bonds. The zero-order valence-corrected chi connectivity index (χ0v) is 50.7. The number of methoxy groups -OCH3 is 3. The van der Waals surface area contributed by atoms with Crippen molar-refractivity contribution in [3.63, 3.8) is 0 Å². The number of ketones is 3. The van der Waals surface area contributed by atoms with Crippen LogP contribution in [0.3, 0.4) is 0 Å². The summed E-state index contributed by atoms with van der Waals surface area (Å²) in [5, 5.41) is 37.1. The van der Waals surface area contributed by atoms with Gasteiger partial charge >= 0.3 is 12.1 Å². The highest BCUT2D eigenvalue weighted by Crippen LogP contribution is 2.37. The van der Waals surface area contributed by atoms with Crippen molar-refractivity contribution in [2.75, 3.05) is 93.9 Å². The summed E-state index contributed by atoms with van der Waals surface area (Å²) >= 11 is 0. The third kappa shape index (κ3) is 23.1. The highest BCUT2D eigenvalue weighted by molar-refractivity contribution is 6.39. The Morgan fingerprint density at radius 1 is 0.771 bits per heavy atom. The number of allylic oxidation sites excluding steroid dienone is 6. The van der Waals surface area contributed by atoms with Crippen molar-refractivity contribution in [1.29, 1.82) is 0 Å². The number of piperidine rings is 1. The zero-order valence-electron chi connectivity index (χ0n) is 50.7. The highest BCUT2D eigenvalue weighted by Gasteiger charge is 2.53. The number of hydrogen-bond donors (Lipinski definition) is 5. The van der Waals surface area contributed by atoms with Crippen LogP contribution in [-0.2, 0) is 71.3 Å². The highest BCUT2D eigenvalue weighted by atomic mass is 16.6. The van der Waals surface area contributed by atoms with Gasteiger partial charge in [0.05, 0.1) is 77.8 Å². The minimum Gasteiger partial charge on any atom is -0.459 e. The Hall–Kier alpha value is -4.30. The van der Waals surface area contributed by atoms with Gasteiger partial charge < -0.3 is 78.6 Å². The van der Waals surface area contributed by atoms with Crippen molar-refractivity contribution in [1.82, 2.24) is 10.2 Å². The maximum Gasteiger partial charge on any atom is 0.407 e. The number of aliphatic hydroxyl groups excluding tert-OH is 2. The first kappa shape index (κ1) is 71.2. The van der Waals surface area contributed by atoms with Crippen LogP contribution in [0.1, 0.15) is 119 Å². The van der Waals surface area contributed by atoms with Gasteiger partial charge in [0.25, 0.3) is 11.7 Å². The molecule has 472 valence electrons. The lowest BCUT2D eigenvalue weighted by Gasteiger charge is -2.42. The second-order valence-electron chi connectivity index (χ2n) is 22.8. The Balaban J connectivity index is 1.48. The SMILES string of the molecule is COCCOCCOCCOCCOCCNC(=O)O[C@@H]1CC[C@@H](C[C@@H](N)[C@@H]2CC(=O)[C@H](C)/C=C(\C)[C@@H](O)[C@@H](O)C(=O)[C@H](C)C[C@H](C)/C=C/C=C/C=C(\C)[C@@H](OC)C[C@@H]3CC[C@@H](C)[C@@](O)(O3)C(=O)C(=O)N3CCCC[C@H]3C(=O)O2)C[C@H]1OC. The van der Waals surface area contributed by atoms with Crippen LogP contribution in [0.25, 0.3) is 0 Å². The topological polar surface area (TPSA) is 297 Å². The number of nitrogens with one attached hydrogen (secondary N) is 1. The number of alkyl carbamates (subject to hydrolysis) is 1. The number of carbonyl (C=O) groups excluding carboxylic acids is 6. The van der Waals surface area contributed by atoms with Crippen LogP contribution in [0.15, 0.2) is 47.6 Å². The lowest BCUT2D eigenvalue weighted by molar-refractivity contribution is -0.265. The number of Topliss-reactive ketones (excluding diaryl/α,β-unsaturated/α-hetero) is 3. The van der Waals surface area contributed by atoms with E-state index in [4.69, 9.17) is 53.1 Å². The average Bonchev–Trinajstić information content (AvgIpc) is 3.52. The third-order valence-electron chi connectivity index (χ3n) is 16.3. The fourth-order valence-corrected chi connectivity index (χ4v) is 11.1. The molecule has 6 N–H and O–H groups in total. The predicted octanol–water partition coefficient (Wildman–Crippen LogP) is 4.66. The molecule has 83 heavy (non-hydrogen) atoms. The first-order valence-corrected chi connectivity index (χ1v) is 29.8. The number of cyclic esters (lactones) is 1. The van der Waals surface area contributed by atoms with Crippen LogP contribution in [0.5, 0.6) is 0 Å². The molecule has 0 aromatic carbocycles. The molecular weight excluding hydrogens is 1080 g/mol. The molecular formula is C61H99N3O19. The Morgan fingerprint density at radius 3 is 2.08 bits per heavy atom. The molecule has 0 spiro atoms. The number of nitrogens with two attached hydrogens (primary N) is 1. The van der Waals surface area contributed by atoms with Crippen molar-refractivity contribution in [3.8, 4) is 0 Å². The van der Waals surface area contributed by atoms with E-state index in [-0.39, 0.29) is 62.8 Å². The van der Waals surface area contributed by atoms with E-state index in [2.05, 4.69) is 5.32 Å². The van der Waals surface area contributed by atoms with Crippen molar-refractivity contribution in [2.45, 2.75) is 179 Å². The average molecular weight is 1180 g/mol. The van der Waals surface area contributed by atoms with Crippen LogP contribution in [0, 0.1) is 29.6 Å². The van der Waals surface area contributed by atoms with E-state index in [0.717, 1.165) is 10.5 Å². The molecule has 3 aliphatic heterocycles. The Kier molecular flexibility index (Phi) is 32.0.